The molecule has 0 fully saturated rings. The molecule has 0 bridgehead atoms. The highest BCUT2D eigenvalue weighted by molar-refractivity contribution is 9.10. The lowest BCUT2D eigenvalue weighted by Gasteiger charge is -2.14. The van der Waals surface area contributed by atoms with Crippen LogP contribution < -0.4 is 14.2 Å². The van der Waals surface area contributed by atoms with Crippen molar-refractivity contribution in [2.45, 2.75) is 11.8 Å². The maximum absolute atomic E-state index is 12.6. The van der Waals surface area contributed by atoms with Crippen molar-refractivity contribution >= 4 is 31.8 Å². The van der Waals surface area contributed by atoms with Gasteiger partial charge < -0.3 is 9.47 Å². The van der Waals surface area contributed by atoms with Gasteiger partial charge in [0.1, 0.15) is 22.2 Å². The largest absolute Gasteiger partial charge is 0.496 e. The molecule has 1 aromatic carbocycles. The van der Waals surface area contributed by atoms with Gasteiger partial charge in [-0.1, -0.05) is 6.07 Å². The molecule has 1 aromatic heterocycles. The first kappa shape index (κ1) is 16.6. The Balaban J connectivity index is 2.51. The van der Waals surface area contributed by atoms with E-state index in [-0.39, 0.29) is 16.5 Å². The lowest BCUT2D eigenvalue weighted by Crippen LogP contribution is -2.16. The number of anilines is 1. The summed E-state index contributed by atoms with van der Waals surface area (Å²) in [4.78, 5) is 4.01. The highest BCUT2D eigenvalue weighted by Gasteiger charge is 2.23. The number of methoxy groups -OCH3 is 2. The fourth-order valence-corrected chi connectivity index (χ4v) is 3.55. The van der Waals surface area contributed by atoms with Crippen molar-refractivity contribution in [3.8, 4) is 11.5 Å². The highest BCUT2D eigenvalue weighted by atomic mass is 79.9. The van der Waals surface area contributed by atoms with Crippen molar-refractivity contribution in [2.24, 2.45) is 0 Å². The fourth-order valence-electron chi connectivity index (χ4n) is 1.82. The average molecular weight is 387 g/mol. The number of hydrogen-bond acceptors (Lipinski definition) is 5. The van der Waals surface area contributed by atoms with E-state index in [2.05, 4.69) is 25.6 Å². The van der Waals surface area contributed by atoms with Crippen molar-refractivity contribution in [1.29, 1.82) is 0 Å². The predicted octanol–water partition coefficient (Wildman–Crippen LogP) is 2.97. The van der Waals surface area contributed by atoms with E-state index in [1.807, 2.05) is 0 Å². The van der Waals surface area contributed by atoms with Crippen LogP contribution in [0.5, 0.6) is 11.5 Å². The smallest absolute Gasteiger partial charge is 0.266 e. The van der Waals surface area contributed by atoms with E-state index in [4.69, 9.17) is 9.47 Å². The number of rotatable bonds is 5. The topological polar surface area (TPSA) is 77.5 Å². The molecule has 22 heavy (non-hydrogen) atoms. The minimum absolute atomic E-state index is 0.0277. The summed E-state index contributed by atoms with van der Waals surface area (Å²) >= 11 is 3.29. The number of nitrogens with one attached hydrogen (secondary N) is 1. The molecular weight excluding hydrogens is 372 g/mol. The molecular formula is C14H15BrN2O4S. The third-order valence-electron chi connectivity index (χ3n) is 2.97. The molecule has 118 valence electrons. The van der Waals surface area contributed by atoms with E-state index in [1.54, 1.807) is 25.1 Å². The van der Waals surface area contributed by atoms with Gasteiger partial charge in [-0.25, -0.2) is 13.4 Å². The van der Waals surface area contributed by atoms with Gasteiger partial charge in [0.15, 0.2) is 0 Å². The molecule has 0 radical (unpaired) electrons. The van der Waals surface area contributed by atoms with E-state index < -0.39 is 10.0 Å². The first-order valence-electron chi connectivity index (χ1n) is 6.25. The fraction of sp³-hybridized carbons (Fsp3) is 0.214. The van der Waals surface area contributed by atoms with Crippen LogP contribution >= 0.6 is 15.9 Å². The van der Waals surface area contributed by atoms with Crippen molar-refractivity contribution in [3.05, 3.63) is 40.5 Å². The third-order valence-corrected chi connectivity index (χ3v) is 4.95. The highest BCUT2D eigenvalue weighted by Crippen LogP contribution is 2.36. The van der Waals surface area contributed by atoms with Gasteiger partial charge in [-0.15, -0.1) is 0 Å². The van der Waals surface area contributed by atoms with Gasteiger partial charge in [-0.3, -0.25) is 4.72 Å². The molecule has 6 nitrogen and oxygen atoms in total. The zero-order chi connectivity index (χ0) is 16.3. The van der Waals surface area contributed by atoms with Gasteiger partial charge in [0, 0.05) is 12.3 Å². The summed E-state index contributed by atoms with van der Waals surface area (Å²) in [6.07, 6.45) is 1.52. The molecule has 0 atom stereocenters. The molecule has 2 aromatic rings. The number of nitrogens with zero attached hydrogens (tertiary/aromatic N) is 1. The SMILES string of the molecule is COc1cc(S(=O)(=O)Nc2ncccc2C)c(OC)cc1Br. The number of benzene rings is 1. The van der Waals surface area contributed by atoms with Gasteiger partial charge in [-0.05, 0) is 40.5 Å². The Hall–Kier alpha value is -1.80. The Bertz CT molecular complexity index is 793. The lowest BCUT2D eigenvalue weighted by molar-refractivity contribution is 0.390. The van der Waals surface area contributed by atoms with Crippen molar-refractivity contribution in [1.82, 2.24) is 4.98 Å². The molecule has 1 heterocycles. The number of aromatic nitrogens is 1. The number of hydrogen-bond donors (Lipinski definition) is 1. The van der Waals surface area contributed by atoms with Crippen LogP contribution in [0.3, 0.4) is 0 Å². The van der Waals surface area contributed by atoms with Crippen molar-refractivity contribution in [3.63, 3.8) is 0 Å². The minimum Gasteiger partial charge on any atom is -0.496 e. The quantitative estimate of drug-likeness (QED) is 0.854. The van der Waals surface area contributed by atoms with Crippen LogP contribution in [0.4, 0.5) is 5.82 Å². The second kappa shape index (κ2) is 6.53. The Morgan fingerprint density at radius 2 is 1.86 bits per heavy atom. The monoisotopic (exact) mass is 386 g/mol. The van der Waals surface area contributed by atoms with Gasteiger partial charge in [-0.2, -0.15) is 0 Å². The predicted molar refractivity (Wildman–Crippen MR) is 87.0 cm³/mol. The summed E-state index contributed by atoms with van der Waals surface area (Å²) in [6, 6.07) is 6.43. The number of pyridine rings is 1. The third kappa shape index (κ3) is 3.33. The second-order valence-electron chi connectivity index (χ2n) is 4.41. The van der Waals surface area contributed by atoms with Crippen LogP contribution in [0.2, 0.25) is 0 Å². The van der Waals surface area contributed by atoms with Crippen molar-refractivity contribution in [2.75, 3.05) is 18.9 Å². The molecule has 0 aliphatic carbocycles. The summed E-state index contributed by atoms with van der Waals surface area (Å²) < 4.78 is 38.6. The summed E-state index contributed by atoms with van der Waals surface area (Å²) in [7, 11) is -1.01. The summed E-state index contributed by atoms with van der Waals surface area (Å²) in [5.74, 6) is 0.860. The normalized spacial score (nSPS) is 11.1. The Labute approximate surface area is 137 Å². The molecule has 0 aliphatic rings. The lowest BCUT2D eigenvalue weighted by atomic mass is 10.3. The zero-order valence-corrected chi connectivity index (χ0v) is 14.7. The molecule has 0 amide bonds. The van der Waals surface area contributed by atoms with Gasteiger partial charge in [0.2, 0.25) is 0 Å². The second-order valence-corrected chi connectivity index (χ2v) is 6.92. The molecule has 1 N–H and O–H groups in total. The average Bonchev–Trinajstić information content (AvgIpc) is 2.48. The zero-order valence-electron chi connectivity index (χ0n) is 12.3. The molecule has 8 heteroatoms. The molecule has 2 rings (SSSR count). The van der Waals surface area contributed by atoms with E-state index in [0.717, 1.165) is 0 Å². The summed E-state index contributed by atoms with van der Waals surface area (Å²) in [5, 5.41) is 0. The van der Waals surface area contributed by atoms with E-state index >= 15 is 0 Å². The van der Waals surface area contributed by atoms with Crippen LogP contribution in [-0.4, -0.2) is 27.6 Å². The van der Waals surface area contributed by atoms with Gasteiger partial charge >= 0.3 is 0 Å². The number of sulfonamides is 1. The van der Waals surface area contributed by atoms with E-state index in [9.17, 15) is 8.42 Å². The standard InChI is InChI=1S/C14H15BrN2O4S/c1-9-5-4-6-16-14(9)17-22(18,19)13-8-11(20-2)10(15)7-12(13)21-3/h4-8H,1-3H3,(H,16,17). The van der Waals surface area contributed by atoms with Gasteiger partial charge in [0.25, 0.3) is 10.0 Å². The number of aryl methyl sites for hydroxylation is 1. The molecule has 0 spiro atoms. The minimum atomic E-state index is -3.87. The van der Waals surface area contributed by atoms with Crippen LogP contribution in [0, 0.1) is 6.92 Å². The van der Waals surface area contributed by atoms with Gasteiger partial charge in [0.05, 0.1) is 18.7 Å². The van der Waals surface area contributed by atoms with E-state index in [0.29, 0.717) is 15.8 Å². The summed E-state index contributed by atoms with van der Waals surface area (Å²) in [6.45, 7) is 1.77. The maximum Gasteiger partial charge on any atom is 0.266 e. The van der Waals surface area contributed by atoms with Crippen LogP contribution in [0.1, 0.15) is 5.56 Å². The van der Waals surface area contributed by atoms with E-state index in [1.165, 1.54) is 26.5 Å². The first-order chi connectivity index (χ1) is 10.4. The Kier molecular flexibility index (Phi) is 4.92. The first-order valence-corrected chi connectivity index (χ1v) is 8.52. The maximum atomic E-state index is 12.6. The molecule has 0 unspecified atom stereocenters. The molecule has 0 saturated carbocycles. The van der Waals surface area contributed by atoms with Crippen LogP contribution in [0.25, 0.3) is 0 Å². The number of ether oxygens (including phenoxy) is 2. The number of halogens is 1. The van der Waals surface area contributed by atoms with Crippen LogP contribution in [-0.2, 0) is 10.0 Å². The van der Waals surface area contributed by atoms with Crippen LogP contribution in [0.15, 0.2) is 39.8 Å². The van der Waals surface area contributed by atoms with Crippen molar-refractivity contribution < 1.29 is 17.9 Å². The Morgan fingerprint density at radius 3 is 2.45 bits per heavy atom. The Morgan fingerprint density at radius 1 is 1.18 bits per heavy atom. The molecule has 0 saturated heterocycles. The molecule has 0 aliphatic heterocycles. The summed E-state index contributed by atoms with van der Waals surface area (Å²) in [5.41, 5.74) is 0.717.